The number of hydrogen-bond donors (Lipinski definition) is 1. The molecule has 5 nitrogen and oxygen atoms in total. The summed E-state index contributed by atoms with van der Waals surface area (Å²) in [5.41, 5.74) is 2.42. The minimum Gasteiger partial charge on any atom is -0.481 e. The summed E-state index contributed by atoms with van der Waals surface area (Å²) >= 11 is 0. The van der Waals surface area contributed by atoms with Crippen molar-refractivity contribution in [3.8, 4) is 0 Å². The van der Waals surface area contributed by atoms with Gasteiger partial charge in [0.05, 0.1) is 5.52 Å². The number of hydrogen-bond acceptors (Lipinski definition) is 4. The molecule has 0 aliphatic carbocycles. The SMILES string of the molecule is Cc1ccc2nnc(CC(=O)O)nc2c1. The summed E-state index contributed by atoms with van der Waals surface area (Å²) in [7, 11) is 0. The highest BCUT2D eigenvalue weighted by Gasteiger charge is 2.05. The van der Waals surface area contributed by atoms with E-state index in [4.69, 9.17) is 5.11 Å². The predicted octanol–water partition coefficient (Wildman–Crippen LogP) is 0.960. The molecule has 0 saturated heterocycles. The number of carbonyl (C=O) groups is 1. The van der Waals surface area contributed by atoms with Gasteiger partial charge in [0.15, 0.2) is 5.82 Å². The lowest BCUT2D eigenvalue weighted by Gasteiger charge is -1.99. The maximum Gasteiger partial charge on any atom is 0.311 e. The van der Waals surface area contributed by atoms with E-state index in [1.165, 1.54) is 0 Å². The first-order valence-electron chi connectivity index (χ1n) is 4.47. The Morgan fingerprint density at radius 1 is 1.33 bits per heavy atom. The Morgan fingerprint density at radius 2 is 2.13 bits per heavy atom. The van der Waals surface area contributed by atoms with Gasteiger partial charge in [0.1, 0.15) is 11.9 Å². The number of carboxylic acid groups (broad SMARTS) is 1. The second kappa shape index (κ2) is 3.61. The zero-order valence-electron chi connectivity index (χ0n) is 8.14. The number of benzene rings is 1. The largest absolute Gasteiger partial charge is 0.481 e. The number of aryl methyl sites for hydroxylation is 1. The Kier molecular flexibility index (Phi) is 2.29. The first-order valence-corrected chi connectivity index (χ1v) is 4.47. The highest BCUT2D eigenvalue weighted by Crippen LogP contribution is 2.10. The summed E-state index contributed by atoms with van der Waals surface area (Å²) in [6.07, 6.45) is -0.198. The van der Waals surface area contributed by atoms with Crippen molar-refractivity contribution in [2.75, 3.05) is 0 Å². The molecule has 0 fully saturated rings. The Balaban J connectivity index is 2.49. The average molecular weight is 203 g/mol. The molecule has 0 atom stereocenters. The van der Waals surface area contributed by atoms with Crippen LogP contribution in [0.25, 0.3) is 11.0 Å². The van der Waals surface area contributed by atoms with Crippen molar-refractivity contribution >= 4 is 17.0 Å². The second-order valence-corrected chi connectivity index (χ2v) is 3.29. The lowest BCUT2D eigenvalue weighted by atomic mass is 10.2. The zero-order chi connectivity index (χ0) is 10.8. The van der Waals surface area contributed by atoms with Crippen molar-refractivity contribution in [2.24, 2.45) is 0 Å². The minimum atomic E-state index is -0.955. The summed E-state index contributed by atoms with van der Waals surface area (Å²) in [5, 5.41) is 16.2. The van der Waals surface area contributed by atoms with Gasteiger partial charge in [-0.2, -0.15) is 0 Å². The van der Waals surface area contributed by atoms with Gasteiger partial charge in [-0.3, -0.25) is 4.79 Å². The molecule has 5 heteroatoms. The van der Waals surface area contributed by atoms with Crippen LogP contribution >= 0.6 is 0 Å². The van der Waals surface area contributed by atoms with Gasteiger partial charge >= 0.3 is 5.97 Å². The highest BCUT2D eigenvalue weighted by molar-refractivity contribution is 5.75. The quantitative estimate of drug-likeness (QED) is 0.786. The van der Waals surface area contributed by atoms with Gasteiger partial charge in [0.2, 0.25) is 0 Å². The molecule has 2 rings (SSSR count). The maximum atomic E-state index is 10.5. The van der Waals surface area contributed by atoms with E-state index in [0.717, 1.165) is 5.56 Å². The van der Waals surface area contributed by atoms with E-state index < -0.39 is 5.97 Å². The first kappa shape index (κ1) is 9.51. The van der Waals surface area contributed by atoms with Crippen LogP contribution in [0.15, 0.2) is 18.2 Å². The van der Waals surface area contributed by atoms with Gasteiger partial charge in [-0.25, -0.2) is 4.98 Å². The average Bonchev–Trinajstić information content (AvgIpc) is 2.16. The number of aromatic nitrogens is 3. The fourth-order valence-electron chi connectivity index (χ4n) is 1.29. The molecule has 0 radical (unpaired) electrons. The van der Waals surface area contributed by atoms with Gasteiger partial charge in [-0.15, -0.1) is 10.2 Å². The topological polar surface area (TPSA) is 76.0 Å². The lowest BCUT2D eigenvalue weighted by Crippen LogP contribution is -2.06. The molecule has 2 aromatic rings. The summed E-state index contributed by atoms with van der Waals surface area (Å²) in [5.74, 6) is -0.718. The first-order chi connectivity index (χ1) is 7.15. The van der Waals surface area contributed by atoms with Crippen LogP contribution in [0.4, 0.5) is 0 Å². The summed E-state index contributed by atoms with van der Waals surface area (Å²) in [6.45, 7) is 1.94. The zero-order valence-corrected chi connectivity index (χ0v) is 8.14. The number of nitrogens with zero attached hydrogens (tertiary/aromatic N) is 3. The van der Waals surface area contributed by atoms with Crippen LogP contribution in [0.1, 0.15) is 11.4 Å². The van der Waals surface area contributed by atoms with Crippen molar-refractivity contribution in [3.63, 3.8) is 0 Å². The van der Waals surface area contributed by atoms with Crippen molar-refractivity contribution in [2.45, 2.75) is 13.3 Å². The van der Waals surface area contributed by atoms with Gasteiger partial charge in [-0.1, -0.05) is 6.07 Å². The molecule has 76 valence electrons. The number of aliphatic carboxylic acids is 1. The molecule has 1 aromatic heterocycles. The van der Waals surface area contributed by atoms with Crippen molar-refractivity contribution in [3.05, 3.63) is 29.6 Å². The predicted molar refractivity (Wildman–Crippen MR) is 53.4 cm³/mol. The van der Waals surface area contributed by atoms with Crippen LogP contribution in [0.3, 0.4) is 0 Å². The Bertz CT molecular complexity index is 525. The van der Waals surface area contributed by atoms with Crippen molar-refractivity contribution in [1.29, 1.82) is 0 Å². The highest BCUT2D eigenvalue weighted by atomic mass is 16.4. The molecular weight excluding hydrogens is 194 g/mol. The Labute approximate surface area is 85.8 Å². The van der Waals surface area contributed by atoms with E-state index >= 15 is 0 Å². The molecule has 0 aliphatic heterocycles. The standard InChI is InChI=1S/C10H9N3O2/c1-6-2-3-7-8(4-6)11-9(13-12-7)5-10(14)15/h2-4H,5H2,1H3,(H,14,15). The summed E-state index contributed by atoms with van der Waals surface area (Å²) in [6, 6.07) is 5.58. The van der Waals surface area contributed by atoms with E-state index in [2.05, 4.69) is 15.2 Å². The summed E-state index contributed by atoms with van der Waals surface area (Å²) < 4.78 is 0. The Morgan fingerprint density at radius 3 is 2.87 bits per heavy atom. The van der Waals surface area contributed by atoms with Gasteiger partial charge in [-0.05, 0) is 24.6 Å². The van der Waals surface area contributed by atoms with Gasteiger partial charge < -0.3 is 5.11 Å². The van der Waals surface area contributed by atoms with Crippen LogP contribution in [-0.2, 0) is 11.2 Å². The van der Waals surface area contributed by atoms with Crippen LogP contribution in [-0.4, -0.2) is 26.3 Å². The van der Waals surface area contributed by atoms with Crippen LogP contribution in [0.2, 0.25) is 0 Å². The molecule has 0 spiro atoms. The van der Waals surface area contributed by atoms with Crippen LogP contribution in [0, 0.1) is 6.92 Å². The van der Waals surface area contributed by atoms with E-state index in [1.54, 1.807) is 0 Å². The smallest absolute Gasteiger partial charge is 0.311 e. The maximum absolute atomic E-state index is 10.5. The third kappa shape index (κ3) is 2.07. The lowest BCUT2D eigenvalue weighted by molar-refractivity contribution is -0.136. The van der Waals surface area contributed by atoms with E-state index in [9.17, 15) is 4.79 Å². The molecule has 0 saturated carbocycles. The molecule has 0 amide bonds. The molecule has 1 N–H and O–H groups in total. The van der Waals surface area contributed by atoms with Crippen LogP contribution < -0.4 is 0 Å². The van der Waals surface area contributed by atoms with Crippen molar-refractivity contribution in [1.82, 2.24) is 15.2 Å². The van der Waals surface area contributed by atoms with E-state index in [1.807, 2.05) is 25.1 Å². The summed E-state index contributed by atoms with van der Waals surface area (Å²) in [4.78, 5) is 14.6. The third-order valence-corrected chi connectivity index (χ3v) is 1.96. The molecule has 0 unspecified atom stereocenters. The fraction of sp³-hybridized carbons (Fsp3) is 0.200. The third-order valence-electron chi connectivity index (χ3n) is 1.96. The fourth-order valence-corrected chi connectivity index (χ4v) is 1.29. The van der Waals surface area contributed by atoms with Gasteiger partial charge in [0.25, 0.3) is 0 Å². The van der Waals surface area contributed by atoms with E-state index in [0.29, 0.717) is 11.0 Å². The van der Waals surface area contributed by atoms with Gasteiger partial charge in [0, 0.05) is 0 Å². The molecule has 0 bridgehead atoms. The molecular formula is C10H9N3O2. The number of carboxylic acids is 1. The number of fused-ring (bicyclic) bond motifs is 1. The minimum absolute atomic E-state index is 0.198. The van der Waals surface area contributed by atoms with Crippen molar-refractivity contribution < 1.29 is 9.90 Å². The molecule has 0 aliphatic rings. The second-order valence-electron chi connectivity index (χ2n) is 3.29. The molecule has 1 aromatic carbocycles. The Hall–Kier alpha value is -2.04. The normalized spacial score (nSPS) is 10.5. The molecule has 15 heavy (non-hydrogen) atoms. The molecule has 1 heterocycles. The monoisotopic (exact) mass is 203 g/mol. The van der Waals surface area contributed by atoms with E-state index in [-0.39, 0.29) is 12.2 Å². The van der Waals surface area contributed by atoms with Crippen LogP contribution in [0.5, 0.6) is 0 Å². The number of rotatable bonds is 2.